The monoisotopic (exact) mass is 495 g/mol. The highest BCUT2D eigenvalue weighted by atomic mass is 16.6. The van der Waals surface area contributed by atoms with Crippen LogP contribution in [0.3, 0.4) is 0 Å². The van der Waals surface area contributed by atoms with Crippen molar-refractivity contribution < 1.29 is 29.0 Å². The summed E-state index contributed by atoms with van der Waals surface area (Å²) in [5.41, 5.74) is 4.51. The number of carbonyl (C=O) groups excluding carboxylic acids is 3. The lowest BCUT2D eigenvalue weighted by molar-refractivity contribution is -0.138. The molecule has 0 radical (unpaired) electrons. The molecule has 0 aromatic heterocycles. The number of fused-ring (bicyclic) bond motifs is 3. The molecule has 0 heterocycles. The van der Waals surface area contributed by atoms with E-state index in [0.29, 0.717) is 6.42 Å². The van der Waals surface area contributed by atoms with Crippen LogP contribution in [0.25, 0.3) is 11.1 Å². The van der Waals surface area contributed by atoms with Gasteiger partial charge in [-0.2, -0.15) is 0 Å². The van der Waals surface area contributed by atoms with Crippen molar-refractivity contribution in [1.82, 2.24) is 15.1 Å². The molecule has 0 spiro atoms. The Morgan fingerprint density at radius 3 is 2.14 bits per heavy atom. The molecular weight excluding hydrogens is 462 g/mol. The van der Waals surface area contributed by atoms with E-state index in [1.165, 1.54) is 16.8 Å². The maximum absolute atomic E-state index is 12.7. The van der Waals surface area contributed by atoms with Crippen LogP contribution in [0.4, 0.5) is 4.79 Å². The van der Waals surface area contributed by atoms with Crippen LogP contribution < -0.4 is 5.32 Å². The molecule has 2 N–H and O–H groups in total. The highest BCUT2D eigenvalue weighted by molar-refractivity contribution is 5.85. The molecule has 1 unspecified atom stereocenters. The number of benzene rings is 2. The average molecular weight is 496 g/mol. The van der Waals surface area contributed by atoms with E-state index in [1.54, 1.807) is 14.0 Å². The summed E-state index contributed by atoms with van der Waals surface area (Å²) in [5, 5.41) is 11.4. The van der Waals surface area contributed by atoms with Gasteiger partial charge < -0.3 is 20.1 Å². The lowest BCUT2D eigenvalue weighted by atomic mass is 9.98. The fraction of sp³-hybridized carbons (Fsp3) is 0.407. The van der Waals surface area contributed by atoms with E-state index in [9.17, 15) is 19.2 Å². The second-order valence-corrected chi connectivity index (χ2v) is 8.94. The SMILES string of the molecule is CC(C(=O)NCCCC(=O)N(C)CCC(=O)O)N(C)C(=O)OCC1c2ccccc2-c2ccccc21. The molecule has 0 saturated heterocycles. The number of rotatable bonds is 11. The smallest absolute Gasteiger partial charge is 0.410 e. The summed E-state index contributed by atoms with van der Waals surface area (Å²) in [5.74, 6) is -1.56. The van der Waals surface area contributed by atoms with Crippen LogP contribution in [0.5, 0.6) is 0 Å². The number of nitrogens with one attached hydrogen (secondary N) is 1. The summed E-state index contributed by atoms with van der Waals surface area (Å²) >= 11 is 0. The summed E-state index contributed by atoms with van der Waals surface area (Å²) in [4.78, 5) is 50.5. The van der Waals surface area contributed by atoms with Crippen LogP contribution >= 0.6 is 0 Å². The zero-order valence-corrected chi connectivity index (χ0v) is 20.9. The maximum atomic E-state index is 12.7. The quantitative estimate of drug-likeness (QED) is 0.463. The van der Waals surface area contributed by atoms with E-state index < -0.39 is 18.1 Å². The highest BCUT2D eigenvalue weighted by Gasteiger charge is 2.30. The minimum atomic E-state index is -0.962. The van der Waals surface area contributed by atoms with Crippen LogP contribution in [0.2, 0.25) is 0 Å². The van der Waals surface area contributed by atoms with E-state index in [-0.39, 0.29) is 50.3 Å². The van der Waals surface area contributed by atoms with Gasteiger partial charge in [0.25, 0.3) is 0 Å². The standard InChI is InChI=1S/C27H33N3O6/c1-18(26(34)28-15-8-13-24(31)29(2)16-14-25(32)33)30(3)27(35)36-17-23-21-11-6-4-9-19(21)20-10-5-7-12-22(20)23/h4-7,9-12,18,23H,8,13-17H2,1-3H3,(H,28,34)(H,32,33). The topological polar surface area (TPSA) is 116 Å². The molecule has 1 aliphatic carbocycles. The fourth-order valence-corrected chi connectivity index (χ4v) is 4.21. The molecule has 192 valence electrons. The zero-order valence-electron chi connectivity index (χ0n) is 20.9. The molecule has 2 aromatic carbocycles. The Hall–Kier alpha value is -3.88. The van der Waals surface area contributed by atoms with Gasteiger partial charge in [-0.1, -0.05) is 48.5 Å². The molecule has 3 rings (SSSR count). The summed E-state index contributed by atoms with van der Waals surface area (Å²) in [6.45, 7) is 2.19. The number of amides is 3. The second kappa shape index (κ2) is 12.2. The molecule has 36 heavy (non-hydrogen) atoms. The Bertz CT molecular complexity index is 1070. The third-order valence-corrected chi connectivity index (χ3v) is 6.54. The number of carboxylic acid groups (broad SMARTS) is 1. The van der Waals surface area contributed by atoms with Gasteiger partial charge in [0.2, 0.25) is 11.8 Å². The number of hydrogen-bond acceptors (Lipinski definition) is 5. The predicted octanol–water partition coefficient (Wildman–Crippen LogP) is 3.09. The third kappa shape index (κ3) is 6.41. The van der Waals surface area contributed by atoms with E-state index in [0.717, 1.165) is 22.3 Å². The Kier molecular flexibility index (Phi) is 9.05. The van der Waals surface area contributed by atoms with Gasteiger partial charge in [0.15, 0.2) is 0 Å². The Morgan fingerprint density at radius 2 is 1.56 bits per heavy atom. The number of likely N-dealkylation sites (N-methyl/N-ethyl adjacent to an activating group) is 1. The van der Waals surface area contributed by atoms with E-state index in [2.05, 4.69) is 17.4 Å². The van der Waals surface area contributed by atoms with Crippen LogP contribution in [0.1, 0.15) is 43.2 Å². The van der Waals surface area contributed by atoms with Crippen LogP contribution in [-0.2, 0) is 19.1 Å². The summed E-state index contributed by atoms with van der Waals surface area (Å²) in [6, 6.07) is 15.4. The fourth-order valence-electron chi connectivity index (χ4n) is 4.21. The first-order chi connectivity index (χ1) is 17.2. The van der Waals surface area contributed by atoms with Crippen LogP contribution in [-0.4, -0.2) is 78.6 Å². The molecule has 9 heteroatoms. The van der Waals surface area contributed by atoms with Crippen LogP contribution in [0.15, 0.2) is 48.5 Å². The second-order valence-electron chi connectivity index (χ2n) is 8.94. The predicted molar refractivity (Wildman–Crippen MR) is 134 cm³/mol. The Morgan fingerprint density at radius 1 is 0.972 bits per heavy atom. The van der Waals surface area contributed by atoms with Gasteiger partial charge >= 0.3 is 12.1 Å². The Labute approximate surface area is 211 Å². The van der Waals surface area contributed by atoms with Crippen molar-refractivity contribution in [2.24, 2.45) is 0 Å². The minimum absolute atomic E-state index is 0.0648. The van der Waals surface area contributed by atoms with Crippen molar-refractivity contribution in [3.63, 3.8) is 0 Å². The van der Waals surface area contributed by atoms with Crippen molar-refractivity contribution in [3.8, 4) is 11.1 Å². The van der Waals surface area contributed by atoms with Gasteiger partial charge in [0.05, 0.1) is 6.42 Å². The van der Waals surface area contributed by atoms with Gasteiger partial charge in [-0.15, -0.1) is 0 Å². The summed E-state index contributed by atoms with van der Waals surface area (Å²) in [7, 11) is 3.07. The zero-order chi connectivity index (χ0) is 26.2. The molecule has 3 amide bonds. The number of carboxylic acids is 1. The van der Waals surface area contributed by atoms with Crippen molar-refractivity contribution in [2.45, 2.75) is 38.1 Å². The van der Waals surface area contributed by atoms with E-state index in [4.69, 9.17) is 9.84 Å². The largest absolute Gasteiger partial charge is 0.481 e. The molecule has 0 fully saturated rings. The van der Waals surface area contributed by atoms with Crippen molar-refractivity contribution in [2.75, 3.05) is 33.8 Å². The molecule has 9 nitrogen and oxygen atoms in total. The van der Waals surface area contributed by atoms with Gasteiger partial charge in [0, 0.05) is 39.5 Å². The summed E-state index contributed by atoms with van der Waals surface area (Å²) < 4.78 is 5.61. The van der Waals surface area contributed by atoms with Crippen molar-refractivity contribution in [3.05, 3.63) is 59.7 Å². The first kappa shape index (κ1) is 26.7. The molecular formula is C27H33N3O6. The molecule has 2 aromatic rings. The molecule has 1 atom stereocenters. The molecule has 0 aliphatic heterocycles. The van der Waals surface area contributed by atoms with Gasteiger partial charge in [0.1, 0.15) is 12.6 Å². The molecule has 0 saturated carbocycles. The third-order valence-electron chi connectivity index (χ3n) is 6.54. The van der Waals surface area contributed by atoms with E-state index in [1.807, 2.05) is 36.4 Å². The highest BCUT2D eigenvalue weighted by Crippen LogP contribution is 2.44. The van der Waals surface area contributed by atoms with Gasteiger partial charge in [-0.05, 0) is 35.6 Å². The number of aliphatic carboxylic acids is 1. The lowest BCUT2D eigenvalue weighted by Gasteiger charge is -2.24. The number of ether oxygens (including phenoxy) is 1. The first-order valence-electron chi connectivity index (χ1n) is 12.0. The molecule has 0 bridgehead atoms. The van der Waals surface area contributed by atoms with Gasteiger partial charge in [-0.3, -0.25) is 19.3 Å². The van der Waals surface area contributed by atoms with Crippen molar-refractivity contribution in [1.29, 1.82) is 0 Å². The van der Waals surface area contributed by atoms with Gasteiger partial charge in [-0.25, -0.2) is 4.79 Å². The first-order valence-corrected chi connectivity index (χ1v) is 12.0. The number of hydrogen-bond donors (Lipinski definition) is 2. The number of carbonyl (C=O) groups is 4. The van der Waals surface area contributed by atoms with Crippen molar-refractivity contribution >= 4 is 23.9 Å². The molecule has 1 aliphatic rings. The Balaban J connectivity index is 1.44. The summed E-state index contributed by atoms with van der Waals surface area (Å²) in [6.07, 6.45) is -0.107. The van der Waals surface area contributed by atoms with E-state index >= 15 is 0 Å². The average Bonchev–Trinajstić information content (AvgIpc) is 3.20. The normalized spacial score (nSPS) is 12.8. The lowest BCUT2D eigenvalue weighted by Crippen LogP contribution is -2.46. The van der Waals surface area contributed by atoms with Crippen LogP contribution in [0, 0.1) is 0 Å². The maximum Gasteiger partial charge on any atom is 0.410 e. The number of nitrogens with zero attached hydrogens (tertiary/aromatic N) is 2. The minimum Gasteiger partial charge on any atom is -0.481 e.